The lowest BCUT2D eigenvalue weighted by atomic mass is 10.1. The molecule has 7 heteroatoms. The number of carbonyl (C=O) groups is 3. The van der Waals surface area contributed by atoms with Gasteiger partial charge in [-0.2, -0.15) is 0 Å². The Morgan fingerprint density at radius 3 is 2.41 bits per heavy atom. The number of nitrogens with two attached hydrogens (primary N) is 1. The summed E-state index contributed by atoms with van der Waals surface area (Å²) in [6.07, 6.45) is 4.85. The Morgan fingerprint density at radius 1 is 1.41 bits per heavy atom. The first-order chi connectivity index (χ1) is 7.86. The largest absolute Gasteiger partial charge is 0.480 e. The van der Waals surface area contributed by atoms with E-state index >= 15 is 0 Å². The second-order valence-electron chi connectivity index (χ2n) is 3.40. The number of terminal acetylenes is 1. The van der Waals surface area contributed by atoms with Crippen LogP contribution in [0.2, 0.25) is 0 Å². The molecule has 0 bridgehead atoms. The molecule has 0 aliphatic carbocycles. The average molecular weight is 241 g/mol. The zero-order chi connectivity index (χ0) is 13.4. The molecule has 0 aliphatic heterocycles. The van der Waals surface area contributed by atoms with Crippen LogP contribution in [-0.2, 0) is 9.59 Å². The van der Waals surface area contributed by atoms with Crippen molar-refractivity contribution in [3.63, 3.8) is 0 Å². The summed E-state index contributed by atoms with van der Waals surface area (Å²) in [4.78, 5) is 32.6. The maximum Gasteiger partial charge on any atom is 0.326 e. The van der Waals surface area contributed by atoms with E-state index in [1.54, 1.807) is 6.92 Å². The third-order valence-corrected chi connectivity index (χ3v) is 1.88. The van der Waals surface area contributed by atoms with Gasteiger partial charge in [0.15, 0.2) is 0 Å². The second-order valence-corrected chi connectivity index (χ2v) is 3.40. The van der Waals surface area contributed by atoms with Crippen LogP contribution in [0.3, 0.4) is 0 Å². The molecule has 0 aliphatic rings. The van der Waals surface area contributed by atoms with Crippen LogP contribution >= 0.6 is 0 Å². The van der Waals surface area contributed by atoms with Gasteiger partial charge >= 0.3 is 12.0 Å². The summed E-state index contributed by atoms with van der Waals surface area (Å²) in [6.45, 7) is 1.57. The second kappa shape index (κ2) is 7.11. The van der Waals surface area contributed by atoms with E-state index in [0.29, 0.717) is 0 Å². The predicted molar refractivity (Wildman–Crippen MR) is 59.8 cm³/mol. The molecular weight excluding hydrogens is 226 g/mol. The highest BCUT2D eigenvalue weighted by molar-refractivity contribution is 5.83. The number of aliphatic carboxylic acids is 1. The van der Waals surface area contributed by atoms with Crippen LogP contribution < -0.4 is 16.4 Å². The van der Waals surface area contributed by atoms with Crippen LogP contribution in [0.25, 0.3) is 0 Å². The highest BCUT2D eigenvalue weighted by atomic mass is 16.4. The predicted octanol–water partition coefficient (Wildman–Crippen LogP) is -0.974. The number of carboxylic acid groups (broad SMARTS) is 1. The Hall–Kier alpha value is -2.23. The molecule has 0 heterocycles. The van der Waals surface area contributed by atoms with Crippen molar-refractivity contribution >= 4 is 17.9 Å². The zero-order valence-corrected chi connectivity index (χ0v) is 9.40. The Morgan fingerprint density at radius 2 is 2.00 bits per heavy atom. The van der Waals surface area contributed by atoms with Gasteiger partial charge < -0.3 is 21.5 Å². The SMILES string of the molecule is C#CC(C)NC(=O)N[C@@H](CCC(N)=O)C(=O)O. The maximum atomic E-state index is 11.3. The minimum atomic E-state index is -1.24. The Labute approximate surface area is 98.7 Å². The number of nitrogens with one attached hydrogen (secondary N) is 2. The number of urea groups is 1. The molecule has 0 saturated heterocycles. The minimum absolute atomic E-state index is 0.0669. The van der Waals surface area contributed by atoms with Gasteiger partial charge in [0.25, 0.3) is 0 Å². The van der Waals surface area contributed by atoms with Crippen LogP contribution in [0.4, 0.5) is 4.79 Å². The zero-order valence-electron chi connectivity index (χ0n) is 9.40. The molecule has 0 fully saturated rings. The highest BCUT2D eigenvalue weighted by Gasteiger charge is 2.20. The van der Waals surface area contributed by atoms with Crippen LogP contribution in [0.15, 0.2) is 0 Å². The first-order valence-electron chi connectivity index (χ1n) is 4.91. The number of carboxylic acids is 1. The van der Waals surface area contributed by atoms with E-state index in [0.717, 1.165) is 0 Å². The van der Waals surface area contributed by atoms with Crippen molar-refractivity contribution in [1.82, 2.24) is 10.6 Å². The summed E-state index contributed by atoms with van der Waals surface area (Å²) < 4.78 is 0. The van der Waals surface area contributed by atoms with Gasteiger partial charge in [-0.15, -0.1) is 6.42 Å². The molecule has 2 atom stereocenters. The fraction of sp³-hybridized carbons (Fsp3) is 0.500. The molecule has 1 unspecified atom stereocenters. The molecule has 94 valence electrons. The summed E-state index contributed by atoms with van der Waals surface area (Å²) >= 11 is 0. The molecule has 5 N–H and O–H groups in total. The minimum Gasteiger partial charge on any atom is -0.480 e. The molecule has 0 aromatic carbocycles. The molecule has 0 saturated carbocycles. The van der Waals surface area contributed by atoms with Crippen molar-refractivity contribution in [1.29, 1.82) is 0 Å². The molecule has 7 nitrogen and oxygen atoms in total. The standard InChI is InChI=1S/C10H15N3O4/c1-3-6(2)12-10(17)13-7(9(15)16)4-5-8(11)14/h1,6-7H,4-5H2,2H3,(H2,11,14)(H,15,16)(H2,12,13,17)/t6?,7-/m0/s1. The van der Waals surface area contributed by atoms with Crippen LogP contribution in [0.5, 0.6) is 0 Å². The van der Waals surface area contributed by atoms with E-state index in [9.17, 15) is 14.4 Å². The number of rotatable bonds is 6. The Bertz CT molecular complexity index is 348. The van der Waals surface area contributed by atoms with Gasteiger partial charge in [-0.3, -0.25) is 4.79 Å². The first-order valence-corrected chi connectivity index (χ1v) is 4.91. The van der Waals surface area contributed by atoms with Gasteiger partial charge in [0.2, 0.25) is 5.91 Å². The van der Waals surface area contributed by atoms with Crippen molar-refractivity contribution in [2.75, 3.05) is 0 Å². The third kappa shape index (κ3) is 6.78. The number of hydrogen-bond acceptors (Lipinski definition) is 3. The maximum absolute atomic E-state index is 11.3. The van der Waals surface area contributed by atoms with Crippen molar-refractivity contribution in [3.8, 4) is 12.3 Å². The van der Waals surface area contributed by atoms with Gasteiger partial charge in [-0.25, -0.2) is 9.59 Å². The summed E-state index contributed by atoms with van der Waals surface area (Å²) in [5.74, 6) is 0.385. The normalized spacial score (nSPS) is 12.9. The molecular formula is C10H15N3O4. The van der Waals surface area contributed by atoms with Crippen LogP contribution in [0, 0.1) is 12.3 Å². The van der Waals surface area contributed by atoms with Gasteiger partial charge in [0, 0.05) is 6.42 Å². The number of hydrogen-bond donors (Lipinski definition) is 4. The number of amides is 3. The molecule has 0 radical (unpaired) electrons. The molecule has 0 rings (SSSR count). The van der Waals surface area contributed by atoms with E-state index in [-0.39, 0.29) is 12.8 Å². The molecule has 0 aromatic rings. The first kappa shape index (κ1) is 14.8. The van der Waals surface area contributed by atoms with Gasteiger partial charge in [-0.1, -0.05) is 5.92 Å². The molecule has 17 heavy (non-hydrogen) atoms. The monoisotopic (exact) mass is 241 g/mol. The van der Waals surface area contributed by atoms with Crippen LogP contribution in [0.1, 0.15) is 19.8 Å². The topological polar surface area (TPSA) is 122 Å². The summed E-state index contributed by atoms with van der Waals surface area (Å²) in [5, 5.41) is 13.3. The number of primary amides is 1. The molecule has 3 amide bonds. The highest BCUT2D eigenvalue weighted by Crippen LogP contribution is 1.97. The van der Waals surface area contributed by atoms with Crippen molar-refractivity contribution in [3.05, 3.63) is 0 Å². The lowest BCUT2D eigenvalue weighted by Crippen LogP contribution is -2.48. The van der Waals surface area contributed by atoms with Crippen molar-refractivity contribution in [2.24, 2.45) is 5.73 Å². The van der Waals surface area contributed by atoms with E-state index in [1.807, 2.05) is 0 Å². The average Bonchev–Trinajstić information content (AvgIpc) is 2.23. The lowest BCUT2D eigenvalue weighted by molar-refractivity contribution is -0.139. The van der Waals surface area contributed by atoms with Crippen LogP contribution in [-0.4, -0.2) is 35.1 Å². The van der Waals surface area contributed by atoms with Crippen molar-refractivity contribution in [2.45, 2.75) is 31.8 Å². The van der Waals surface area contributed by atoms with E-state index in [1.165, 1.54) is 0 Å². The molecule has 0 aromatic heterocycles. The van der Waals surface area contributed by atoms with Crippen molar-refractivity contribution < 1.29 is 19.5 Å². The Kier molecular flexibility index (Phi) is 6.18. The summed E-state index contributed by atoms with van der Waals surface area (Å²) in [7, 11) is 0. The van der Waals surface area contributed by atoms with Gasteiger partial charge in [0.1, 0.15) is 6.04 Å². The van der Waals surface area contributed by atoms with Gasteiger partial charge in [0.05, 0.1) is 6.04 Å². The fourth-order valence-corrected chi connectivity index (χ4v) is 0.982. The molecule has 0 spiro atoms. The number of carbonyl (C=O) groups excluding carboxylic acids is 2. The van der Waals surface area contributed by atoms with E-state index < -0.39 is 30.0 Å². The Balaban J connectivity index is 4.26. The fourth-order valence-electron chi connectivity index (χ4n) is 0.982. The summed E-state index contributed by atoms with van der Waals surface area (Å²) in [5.41, 5.74) is 4.89. The van der Waals surface area contributed by atoms with E-state index in [4.69, 9.17) is 17.3 Å². The summed E-state index contributed by atoms with van der Waals surface area (Å²) in [6, 6.07) is -2.39. The lowest BCUT2D eigenvalue weighted by Gasteiger charge is -2.15. The van der Waals surface area contributed by atoms with Gasteiger partial charge in [-0.05, 0) is 13.3 Å². The quantitative estimate of drug-likeness (QED) is 0.447. The van der Waals surface area contributed by atoms with E-state index in [2.05, 4.69) is 16.6 Å². The smallest absolute Gasteiger partial charge is 0.326 e. The third-order valence-electron chi connectivity index (χ3n) is 1.88.